The van der Waals surface area contributed by atoms with E-state index in [2.05, 4.69) is 4.90 Å². The Morgan fingerprint density at radius 1 is 1.20 bits per heavy atom. The van der Waals surface area contributed by atoms with E-state index in [-0.39, 0.29) is 28.1 Å². The third-order valence-electron chi connectivity index (χ3n) is 5.16. The summed E-state index contributed by atoms with van der Waals surface area (Å²) >= 11 is 5.85. The van der Waals surface area contributed by atoms with Crippen molar-refractivity contribution >= 4 is 23.2 Å². The van der Waals surface area contributed by atoms with Gasteiger partial charge in [0.25, 0.3) is 5.91 Å². The van der Waals surface area contributed by atoms with Crippen LogP contribution in [0.4, 0.5) is 5.69 Å². The maximum atomic E-state index is 13.0. The molecule has 1 atom stereocenters. The van der Waals surface area contributed by atoms with Crippen LogP contribution in [0.5, 0.6) is 17.2 Å². The normalized spacial score (nSPS) is 16.4. The summed E-state index contributed by atoms with van der Waals surface area (Å²) in [5.41, 5.74) is 0.219. The Morgan fingerprint density at radius 3 is 2.60 bits per heavy atom. The maximum Gasteiger partial charge on any atom is 0.313 e. The SMILES string of the molecule is COc1cc(C(=O)N2CCCC(N(C)C)C2)ccc1Oc1ccc(Cl)cc1[N+](=O)[O-]. The number of nitro groups is 1. The number of carbonyl (C=O) groups is 1. The molecule has 30 heavy (non-hydrogen) atoms. The zero-order valence-corrected chi connectivity index (χ0v) is 17.9. The number of nitrogens with zero attached hydrogens (tertiary/aromatic N) is 3. The van der Waals surface area contributed by atoms with Crippen LogP contribution in [-0.2, 0) is 0 Å². The Labute approximate surface area is 180 Å². The van der Waals surface area contributed by atoms with Crippen LogP contribution in [0.3, 0.4) is 0 Å². The number of benzene rings is 2. The van der Waals surface area contributed by atoms with Gasteiger partial charge in [0.2, 0.25) is 5.75 Å². The fraction of sp³-hybridized carbons (Fsp3) is 0.381. The highest BCUT2D eigenvalue weighted by Gasteiger charge is 2.26. The van der Waals surface area contributed by atoms with Crippen molar-refractivity contribution in [2.24, 2.45) is 0 Å². The minimum absolute atomic E-state index is 0.0339. The standard InChI is InChI=1S/C21H24ClN3O5/c1-23(2)16-5-4-10-24(13-16)21(26)14-6-8-19(20(11-14)29-3)30-18-9-7-15(22)12-17(18)25(27)28/h6-9,11-12,16H,4-5,10,13H2,1-3H3. The van der Waals surface area contributed by atoms with E-state index in [9.17, 15) is 14.9 Å². The second-order valence-electron chi connectivity index (χ2n) is 7.35. The highest BCUT2D eigenvalue weighted by atomic mass is 35.5. The molecule has 2 aromatic rings. The lowest BCUT2D eigenvalue weighted by atomic mass is 10.0. The van der Waals surface area contributed by atoms with Gasteiger partial charge in [-0.15, -0.1) is 0 Å². The number of nitro benzene ring substituents is 1. The number of methoxy groups -OCH3 is 1. The Bertz CT molecular complexity index is 950. The topological polar surface area (TPSA) is 85.2 Å². The third-order valence-corrected chi connectivity index (χ3v) is 5.40. The van der Waals surface area contributed by atoms with Crippen molar-refractivity contribution in [3.63, 3.8) is 0 Å². The first-order chi connectivity index (χ1) is 14.3. The lowest BCUT2D eigenvalue weighted by Crippen LogP contribution is -2.47. The molecule has 1 saturated heterocycles. The monoisotopic (exact) mass is 433 g/mol. The van der Waals surface area contributed by atoms with Crippen molar-refractivity contribution in [1.29, 1.82) is 0 Å². The van der Waals surface area contributed by atoms with Crippen LogP contribution in [0.2, 0.25) is 5.02 Å². The van der Waals surface area contributed by atoms with Gasteiger partial charge in [0.05, 0.1) is 12.0 Å². The molecular weight excluding hydrogens is 410 g/mol. The van der Waals surface area contributed by atoms with Crippen molar-refractivity contribution in [1.82, 2.24) is 9.80 Å². The van der Waals surface area contributed by atoms with Crippen LogP contribution in [0.1, 0.15) is 23.2 Å². The Hall–Kier alpha value is -2.84. The maximum absolute atomic E-state index is 13.0. The molecule has 1 aliphatic rings. The molecule has 160 valence electrons. The van der Waals surface area contributed by atoms with Gasteiger partial charge in [-0.1, -0.05) is 11.6 Å². The predicted octanol–water partition coefficient (Wildman–Crippen LogP) is 4.22. The van der Waals surface area contributed by atoms with Crippen molar-refractivity contribution in [2.45, 2.75) is 18.9 Å². The number of carbonyl (C=O) groups excluding carboxylic acids is 1. The summed E-state index contributed by atoms with van der Waals surface area (Å²) in [5, 5.41) is 11.5. The molecule has 0 N–H and O–H groups in total. The first-order valence-electron chi connectivity index (χ1n) is 9.55. The Kier molecular flexibility index (Phi) is 6.79. The molecule has 0 bridgehead atoms. The van der Waals surface area contributed by atoms with Crippen molar-refractivity contribution in [2.75, 3.05) is 34.3 Å². The second-order valence-corrected chi connectivity index (χ2v) is 7.78. The minimum atomic E-state index is -0.566. The summed E-state index contributed by atoms with van der Waals surface area (Å²) in [6.45, 7) is 1.38. The number of amides is 1. The number of piperidine rings is 1. The van der Waals surface area contributed by atoms with E-state index >= 15 is 0 Å². The number of hydrogen-bond acceptors (Lipinski definition) is 6. The fourth-order valence-corrected chi connectivity index (χ4v) is 3.63. The lowest BCUT2D eigenvalue weighted by molar-refractivity contribution is -0.385. The molecule has 0 saturated carbocycles. The summed E-state index contributed by atoms with van der Waals surface area (Å²) in [6.07, 6.45) is 2.01. The van der Waals surface area contributed by atoms with Crippen LogP contribution >= 0.6 is 11.6 Å². The predicted molar refractivity (Wildman–Crippen MR) is 114 cm³/mol. The summed E-state index contributed by atoms with van der Waals surface area (Å²) in [6, 6.07) is 9.30. The number of likely N-dealkylation sites (N-methyl/N-ethyl adjacent to an activating group) is 1. The number of rotatable bonds is 6. The molecule has 1 amide bonds. The number of ether oxygens (including phenoxy) is 2. The summed E-state index contributed by atoms with van der Waals surface area (Å²) in [4.78, 5) is 27.7. The molecule has 2 aromatic carbocycles. The van der Waals surface area contributed by atoms with Gasteiger partial charge in [-0.05, 0) is 57.3 Å². The van der Waals surface area contributed by atoms with Crippen LogP contribution < -0.4 is 9.47 Å². The zero-order valence-electron chi connectivity index (χ0n) is 17.1. The van der Waals surface area contributed by atoms with Crippen molar-refractivity contribution in [3.8, 4) is 17.2 Å². The van der Waals surface area contributed by atoms with E-state index in [1.807, 2.05) is 19.0 Å². The van der Waals surface area contributed by atoms with E-state index in [1.165, 1.54) is 25.3 Å². The molecule has 1 unspecified atom stereocenters. The van der Waals surface area contributed by atoms with Gasteiger partial charge < -0.3 is 19.3 Å². The lowest BCUT2D eigenvalue weighted by Gasteiger charge is -2.36. The molecule has 0 aromatic heterocycles. The Balaban J connectivity index is 1.84. The highest BCUT2D eigenvalue weighted by Crippen LogP contribution is 2.38. The number of halogens is 1. The smallest absolute Gasteiger partial charge is 0.313 e. The molecule has 9 heteroatoms. The van der Waals surface area contributed by atoms with E-state index in [1.54, 1.807) is 18.2 Å². The Morgan fingerprint density at radius 2 is 1.93 bits per heavy atom. The van der Waals surface area contributed by atoms with Gasteiger partial charge in [-0.3, -0.25) is 14.9 Å². The van der Waals surface area contributed by atoms with Crippen molar-refractivity contribution < 1.29 is 19.2 Å². The molecule has 0 aliphatic carbocycles. The number of hydrogen-bond donors (Lipinski definition) is 0. The van der Waals surface area contributed by atoms with Gasteiger partial charge in [-0.2, -0.15) is 0 Å². The molecule has 1 fully saturated rings. The third kappa shape index (κ3) is 4.83. The first kappa shape index (κ1) is 21.9. The highest BCUT2D eigenvalue weighted by molar-refractivity contribution is 6.30. The average molecular weight is 434 g/mol. The van der Waals surface area contributed by atoms with Gasteiger partial charge in [0.1, 0.15) is 0 Å². The average Bonchev–Trinajstić information content (AvgIpc) is 2.74. The van der Waals surface area contributed by atoms with Gasteiger partial charge >= 0.3 is 5.69 Å². The molecular formula is C21H24ClN3O5. The largest absolute Gasteiger partial charge is 0.493 e. The quantitative estimate of drug-likeness (QED) is 0.501. The van der Waals surface area contributed by atoms with Crippen LogP contribution in [-0.4, -0.2) is 61.0 Å². The molecule has 0 spiro atoms. The van der Waals surface area contributed by atoms with Gasteiger partial charge in [0, 0.05) is 35.8 Å². The summed E-state index contributed by atoms with van der Waals surface area (Å²) in [5.74, 6) is 0.533. The van der Waals surface area contributed by atoms with Crippen LogP contribution in [0, 0.1) is 10.1 Å². The second kappa shape index (κ2) is 9.32. The number of likely N-dealkylation sites (tertiary alicyclic amines) is 1. The van der Waals surface area contributed by atoms with Gasteiger partial charge in [0.15, 0.2) is 11.5 Å². The van der Waals surface area contributed by atoms with Crippen LogP contribution in [0.15, 0.2) is 36.4 Å². The molecule has 1 heterocycles. The van der Waals surface area contributed by atoms with E-state index < -0.39 is 4.92 Å². The zero-order chi connectivity index (χ0) is 21.8. The summed E-state index contributed by atoms with van der Waals surface area (Å²) < 4.78 is 11.1. The molecule has 1 aliphatic heterocycles. The van der Waals surface area contributed by atoms with E-state index in [0.717, 1.165) is 12.8 Å². The van der Waals surface area contributed by atoms with E-state index in [4.69, 9.17) is 21.1 Å². The molecule has 8 nitrogen and oxygen atoms in total. The van der Waals surface area contributed by atoms with E-state index in [0.29, 0.717) is 30.4 Å². The first-order valence-corrected chi connectivity index (χ1v) is 9.93. The molecule has 0 radical (unpaired) electrons. The van der Waals surface area contributed by atoms with Gasteiger partial charge in [-0.25, -0.2) is 0 Å². The van der Waals surface area contributed by atoms with Crippen LogP contribution in [0.25, 0.3) is 0 Å². The molecule has 3 rings (SSSR count). The summed E-state index contributed by atoms with van der Waals surface area (Å²) in [7, 11) is 5.49. The van der Waals surface area contributed by atoms with Crippen molar-refractivity contribution in [3.05, 3.63) is 57.1 Å². The fourth-order valence-electron chi connectivity index (χ4n) is 3.47. The minimum Gasteiger partial charge on any atom is -0.493 e.